The second-order valence-electron chi connectivity index (χ2n) is 8.78. The van der Waals surface area contributed by atoms with E-state index in [2.05, 4.69) is 63.1 Å². The molecule has 0 saturated carbocycles. The van der Waals surface area contributed by atoms with E-state index in [4.69, 9.17) is 0 Å². The molecule has 5 nitrogen and oxygen atoms in total. The van der Waals surface area contributed by atoms with Crippen LogP contribution in [0, 0.1) is 12.8 Å². The van der Waals surface area contributed by atoms with Crippen molar-refractivity contribution in [3.05, 3.63) is 89.0 Å². The van der Waals surface area contributed by atoms with E-state index in [9.17, 15) is 4.79 Å². The first-order chi connectivity index (χ1) is 15.1. The van der Waals surface area contributed by atoms with Crippen LogP contribution in [0.2, 0.25) is 0 Å². The van der Waals surface area contributed by atoms with Gasteiger partial charge in [0.25, 0.3) is 5.91 Å². The average Bonchev–Trinajstić information content (AvgIpc) is 3.18. The van der Waals surface area contributed by atoms with Crippen molar-refractivity contribution in [2.45, 2.75) is 46.3 Å². The lowest BCUT2D eigenvalue weighted by Crippen LogP contribution is -2.33. The van der Waals surface area contributed by atoms with E-state index in [0.717, 1.165) is 30.4 Å². The Hall–Kier alpha value is -2.92. The molecule has 1 N–H and O–H groups in total. The Bertz CT molecular complexity index is 991. The zero-order valence-corrected chi connectivity index (χ0v) is 18.6. The number of rotatable bonds is 7. The summed E-state index contributed by atoms with van der Waals surface area (Å²) in [5.74, 6) is 1.76. The lowest BCUT2D eigenvalue weighted by atomic mass is 9.99. The summed E-state index contributed by atoms with van der Waals surface area (Å²) in [5.41, 5.74) is 4.29. The number of aromatic nitrogens is 2. The summed E-state index contributed by atoms with van der Waals surface area (Å²) in [4.78, 5) is 19.3. The molecule has 3 aromatic rings. The van der Waals surface area contributed by atoms with Crippen LogP contribution < -0.4 is 5.32 Å². The molecule has 1 unspecified atom stereocenters. The number of carbonyl (C=O) groups is 1. The van der Waals surface area contributed by atoms with Gasteiger partial charge in [0.05, 0.1) is 0 Å². The second kappa shape index (κ2) is 9.92. The molecule has 2 aromatic carbocycles. The van der Waals surface area contributed by atoms with Crippen LogP contribution in [0.5, 0.6) is 0 Å². The van der Waals surface area contributed by atoms with Gasteiger partial charge in [-0.1, -0.05) is 43.3 Å². The molecule has 162 valence electrons. The number of benzene rings is 2. The highest BCUT2D eigenvalue weighted by atomic mass is 16.1. The lowest BCUT2D eigenvalue weighted by molar-refractivity contribution is 0.0951. The molecular weight excluding hydrogens is 384 g/mol. The van der Waals surface area contributed by atoms with Crippen LogP contribution in [-0.2, 0) is 19.6 Å². The minimum atomic E-state index is -0.0312. The molecule has 0 radical (unpaired) electrons. The summed E-state index contributed by atoms with van der Waals surface area (Å²) in [6, 6.07) is 16.4. The SMILES string of the molecule is Cc1nccn1Cc1ccc(CNC(=O)c2ccc(CN3CCCC(C)C3)cc2)cc1. The molecule has 5 heteroatoms. The normalized spacial score (nSPS) is 16.9. The Kier molecular flexibility index (Phi) is 6.82. The molecule has 1 aliphatic rings. The number of nitrogens with one attached hydrogen (secondary N) is 1. The number of amides is 1. The van der Waals surface area contributed by atoms with Gasteiger partial charge in [-0.05, 0) is 61.1 Å². The molecule has 0 spiro atoms. The third-order valence-corrected chi connectivity index (χ3v) is 6.12. The van der Waals surface area contributed by atoms with Crippen molar-refractivity contribution in [2.75, 3.05) is 13.1 Å². The molecule has 1 fully saturated rings. The average molecular weight is 417 g/mol. The van der Waals surface area contributed by atoms with Gasteiger partial charge >= 0.3 is 0 Å². The van der Waals surface area contributed by atoms with E-state index in [-0.39, 0.29) is 5.91 Å². The zero-order valence-electron chi connectivity index (χ0n) is 18.6. The quantitative estimate of drug-likeness (QED) is 0.621. The fourth-order valence-corrected chi connectivity index (χ4v) is 4.26. The van der Waals surface area contributed by atoms with Gasteiger partial charge < -0.3 is 9.88 Å². The summed E-state index contributed by atoms with van der Waals surface area (Å²) >= 11 is 0. The van der Waals surface area contributed by atoms with E-state index < -0.39 is 0 Å². The molecule has 2 heterocycles. The minimum absolute atomic E-state index is 0.0312. The molecule has 1 saturated heterocycles. The highest BCUT2D eigenvalue weighted by molar-refractivity contribution is 5.94. The van der Waals surface area contributed by atoms with Crippen molar-refractivity contribution < 1.29 is 4.79 Å². The number of aryl methyl sites for hydroxylation is 1. The van der Waals surface area contributed by atoms with Crippen molar-refractivity contribution >= 4 is 5.91 Å². The molecule has 31 heavy (non-hydrogen) atoms. The number of carbonyl (C=O) groups excluding carboxylic acids is 1. The molecule has 1 atom stereocenters. The first kappa shape index (κ1) is 21.3. The van der Waals surface area contributed by atoms with Crippen LogP contribution in [0.1, 0.15) is 52.6 Å². The molecule has 4 rings (SSSR count). The predicted molar refractivity (Wildman–Crippen MR) is 124 cm³/mol. The van der Waals surface area contributed by atoms with Gasteiger partial charge in [0.2, 0.25) is 0 Å². The van der Waals surface area contributed by atoms with E-state index in [1.807, 2.05) is 31.5 Å². The van der Waals surface area contributed by atoms with Gasteiger partial charge in [0.1, 0.15) is 5.82 Å². The fraction of sp³-hybridized carbons (Fsp3) is 0.385. The maximum Gasteiger partial charge on any atom is 0.251 e. The Labute approximate surface area is 185 Å². The molecule has 1 aromatic heterocycles. The number of hydrogen-bond acceptors (Lipinski definition) is 3. The Morgan fingerprint density at radius 1 is 1.03 bits per heavy atom. The Morgan fingerprint density at radius 2 is 1.71 bits per heavy atom. The smallest absolute Gasteiger partial charge is 0.251 e. The van der Waals surface area contributed by atoms with E-state index in [1.54, 1.807) is 0 Å². The fourth-order valence-electron chi connectivity index (χ4n) is 4.26. The molecule has 1 aliphatic heterocycles. The van der Waals surface area contributed by atoms with E-state index in [0.29, 0.717) is 12.1 Å². The third kappa shape index (κ3) is 5.82. The first-order valence-corrected chi connectivity index (χ1v) is 11.2. The molecule has 1 amide bonds. The molecule has 0 aliphatic carbocycles. The maximum atomic E-state index is 12.5. The van der Waals surface area contributed by atoms with Crippen LogP contribution in [0.25, 0.3) is 0 Å². The van der Waals surface area contributed by atoms with Crippen LogP contribution in [0.15, 0.2) is 60.9 Å². The van der Waals surface area contributed by atoms with Crippen LogP contribution in [-0.4, -0.2) is 33.4 Å². The van der Waals surface area contributed by atoms with Gasteiger partial charge in [-0.3, -0.25) is 9.69 Å². The van der Waals surface area contributed by atoms with Gasteiger partial charge in [0.15, 0.2) is 0 Å². The largest absolute Gasteiger partial charge is 0.348 e. The van der Waals surface area contributed by atoms with Crippen molar-refractivity contribution in [1.29, 1.82) is 0 Å². The van der Waals surface area contributed by atoms with Gasteiger partial charge in [-0.2, -0.15) is 0 Å². The number of likely N-dealkylation sites (tertiary alicyclic amines) is 1. The van der Waals surface area contributed by atoms with Gasteiger partial charge in [0, 0.05) is 44.1 Å². The minimum Gasteiger partial charge on any atom is -0.348 e. The predicted octanol–water partition coefficient (Wildman–Crippen LogP) is 4.40. The Morgan fingerprint density at radius 3 is 2.39 bits per heavy atom. The van der Waals surface area contributed by atoms with Crippen molar-refractivity contribution in [1.82, 2.24) is 19.8 Å². The second-order valence-corrected chi connectivity index (χ2v) is 8.78. The van der Waals surface area contributed by atoms with Crippen molar-refractivity contribution in [3.8, 4) is 0 Å². The Balaban J connectivity index is 1.27. The van der Waals surface area contributed by atoms with E-state index in [1.165, 1.54) is 37.1 Å². The van der Waals surface area contributed by atoms with Crippen molar-refractivity contribution in [3.63, 3.8) is 0 Å². The summed E-state index contributed by atoms with van der Waals surface area (Å²) in [6.07, 6.45) is 6.43. The summed E-state index contributed by atoms with van der Waals surface area (Å²) in [6.45, 7) is 8.98. The highest BCUT2D eigenvalue weighted by Gasteiger charge is 2.16. The summed E-state index contributed by atoms with van der Waals surface area (Å²) < 4.78 is 2.12. The van der Waals surface area contributed by atoms with Crippen LogP contribution in [0.3, 0.4) is 0 Å². The standard InChI is InChI=1S/C26H32N4O/c1-20-4-3-14-29(17-20)18-23-9-11-25(12-10-23)26(31)28-16-22-5-7-24(8-6-22)19-30-15-13-27-21(30)2/h5-13,15,20H,3-4,14,16-19H2,1-2H3,(H,28,31). The summed E-state index contributed by atoms with van der Waals surface area (Å²) in [7, 11) is 0. The highest BCUT2D eigenvalue weighted by Crippen LogP contribution is 2.18. The van der Waals surface area contributed by atoms with Crippen molar-refractivity contribution in [2.24, 2.45) is 5.92 Å². The third-order valence-electron chi connectivity index (χ3n) is 6.12. The molecular formula is C26H32N4O. The topological polar surface area (TPSA) is 50.2 Å². The number of nitrogens with zero attached hydrogens (tertiary/aromatic N) is 3. The van der Waals surface area contributed by atoms with E-state index >= 15 is 0 Å². The number of hydrogen-bond donors (Lipinski definition) is 1. The molecule has 0 bridgehead atoms. The monoisotopic (exact) mass is 416 g/mol. The zero-order chi connectivity index (χ0) is 21.6. The van der Waals surface area contributed by atoms with Crippen LogP contribution >= 0.6 is 0 Å². The number of piperidine rings is 1. The summed E-state index contributed by atoms with van der Waals surface area (Å²) in [5, 5.41) is 3.03. The lowest BCUT2D eigenvalue weighted by Gasteiger charge is -2.30. The first-order valence-electron chi connectivity index (χ1n) is 11.2. The maximum absolute atomic E-state index is 12.5. The van der Waals surface area contributed by atoms with Crippen LogP contribution in [0.4, 0.5) is 0 Å². The number of imidazole rings is 1. The van der Waals surface area contributed by atoms with Gasteiger partial charge in [-0.15, -0.1) is 0 Å². The van der Waals surface area contributed by atoms with Gasteiger partial charge in [-0.25, -0.2) is 4.98 Å².